The lowest BCUT2D eigenvalue weighted by Gasteiger charge is -2.23. The Morgan fingerprint density at radius 2 is 1.94 bits per heavy atom. The summed E-state index contributed by atoms with van der Waals surface area (Å²) in [6, 6.07) is 8.79. The highest BCUT2D eigenvalue weighted by atomic mass is 16.2. The fourth-order valence-corrected chi connectivity index (χ4v) is 2.26. The van der Waals surface area contributed by atoms with Crippen LogP contribution in [-0.4, -0.2) is 49.6 Å². The number of likely N-dealkylation sites (N-methyl/N-ethyl adjacent to an activating group) is 2. The molecule has 18 heavy (non-hydrogen) atoms. The molecule has 1 aromatic carbocycles. The van der Waals surface area contributed by atoms with Gasteiger partial charge in [-0.2, -0.15) is 0 Å². The lowest BCUT2D eigenvalue weighted by Crippen LogP contribution is -2.36. The number of aryl methyl sites for hydroxylation is 1. The highest BCUT2D eigenvalue weighted by Crippen LogP contribution is 2.17. The molecule has 4 heteroatoms. The molecule has 0 aromatic heterocycles. The van der Waals surface area contributed by atoms with Gasteiger partial charge in [0.2, 0.25) is 0 Å². The number of carbonyl (C=O) groups is 1. The largest absolute Gasteiger partial charge is 0.326 e. The molecule has 1 aliphatic rings. The second-order valence-electron chi connectivity index (χ2n) is 4.90. The summed E-state index contributed by atoms with van der Waals surface area (Å²) in [6.45, 7) is 4.45. The minimum absolute atomic E-state index is 0.127. The number of rotatable bonds is 4. The third-order valence-corrected chi connectivity index (χ3v) is 3.53. The molecule has 2 rings (SSSR count). The third-order valence-electron chi connectivity index (χ3n) is 3.53. The Morgan fingerprint density at radius 1 is 1.28 bits per heavy atom. The molecule has 1 saturated heterocycles. The maximum Gasteiger partial charge on any atom is 0.319 e. The van der Waals surface area contributed by atoms with Crippen molar-refractivity contribution in [3.05, 3.63) is 35.4 Å². The summed E-state index contributed by atoms with van der Waals surface area (Å²) in [4.78, 5) is 15.5. The zero-order valence-corrected chi connectivity index (χ0v) is 11.3. The second-order valence-corrected chi connectivity index (χ2v) is 4.90. The van der Waals surface area contributed by atoms with Gasteiger partial charge in [-0.05, 0) is 19.5 Å². The highest BCUT2D eigenvalue weighted by Gasteiger charge is 2.27. The molecule has 0 aliphatic carbocycles. The van der Waals surface area contributed by atoms with Crippen molar-refractivity contribution in [3.8, 4) is 0 Å². The maximum atomic E-state index is 11.9. The van der Waals surface area contributed by atoms with Gasteiger partial charge in [0.25, 0.3) is 0 Å². The van der Waals surface area contributed by atoms with Crippen LogP contribution in [0.2, 0.25) is 0 Å². The van der Waals surface area contributed by atoms with Crippen molar-refractivity contribution in [1.29, 1.82) is 0 Å². The lowest BCUT2D eigenvalue weighted by atomic mass is 10.0. The van der Waals surface area contributed by atoms with Gasteiger partial charge in [0.1, 0.15) is 0 Å². The summed E-state index contributed by atoms with van der Waals surface area (Å²) < 4.78 is 0. The molecule has 1 fully saturated rings. The first kappa shape index (κ1) is 12.9. The van der Waals surface area contributed by atoms with E-state index in [2.05, 4.69) is 36.5 Å². The molecule has 2 amide bonds. The first-order valence-corrected chi connectivity index (χ1v) is 6.35. The predicted molar refractivity (Wildman–Crippen MR) is 72.6 cm³/mol. The molecular weight excluding hydrogens is 226 g/mol. The summed E-state index contributed by atoms with van der Waals surface area (Å²) in [7, 11) is 3.79. The van der Waals surface area contributed by atoms with Crippen LogP contribution in [0.1, 0.15) is 17.2 Å². The molecule has 0 radical (unpaired) electrons. The van der Waals surface area contributed by atoms with E-state index in [1.165, 1.54) is 11.1 Å². The Bertz CT molecular complexity index is 416. The van der Waals surface area contributed by atoms with E-state index in [1.807, 2.05) is 19.0 Å². The third kappa shape index (κ3) is 2.64. The molecule has 0 spiro atoms. The van der Waals surface area contributed by atoms with Gasteiger partial charge in [0.05, 0.1) is 0 Å². The van der Waals surface area contributed by atoms with Crippen molar-refractivity contribution in [2.75, 3.05) is 33.7 Å². The van der Waals surface area contributed by atoms with Crippen molar-refractivity contribution in [3.63, 3.8) is 0 Å². The fourth-order valence-electron chi connectivity index (χ4n) is 2.26. The summed E-state index contributed by atoms with van der Waals surface area (Å²) in [5, 5.41) is 3.29. The molecule has 4 nitrogen and oxygen atoms in total. The number of nitrogens with one attached hydrogen (secondary N) is 1. The van der Waals surface area contributed by atoms with E-state index in [4.69, 9.17) is 0 Å². The van der Waals surface area contributed by atoms with E-state index in [0.29, 0.717) is 0 Å². The number of nitrogens with zero attached hydrogens (tertiary/aromatic N) is 2. The van der Waals surface area contributed by atoms with Crippen LogP contribution in [0.5, 0.6) is 0 Å². The summed E-state index contributed by atoms with van der Waals surface area (Å²) in [5.74, 6) is 0. The SMILES string of the molecule is CNC(CN1CCN(C)C1=O)c1ccc(C)cc1. The van der Waals surface area contributed by atoms with Crippen LogP contribution in [0.25, 0.3) is 0 Å². The van der Waals surface area contributed by atoms with Crippen LogP contribution in [-0.2, 0) is 0 Å². The molecular formula is C14H21N3O. The summed E-state index contributed by atoms with van der Waals surface area (Å²) in [6.07, 6.45) is 0. The zero-order valence-electron chi connectivity index (χ0n) is 11.3. The number of amides is 2. The number of benzene rings is 1. The maximum absolute atomic E-state index is 11.9. The molecule has 1 unspecified atom stereocenters. The Labute approximate surface area is 109 Å². The predicted octanol–water partition coefficient (Wildman–Crippen LogP) is 1.62. The van der Waals surface area contributed by atoms with E-state index >= 15 is 0 Å². The van der Waals surface area contributed by atoms with Gasteiger partial charge >= 0.3 is 6.03 Å². The van der Waals surface area contributed by atoms with Crippen molar-refractivity contribution < 1.29 is 4.79 Å². The molecule has 0 bridgehead atoms. The molecule has 1 aliphatic heterocycles. The number of urea groups is 1. The van der Waals surface area contributed by atoms with Crippen molar-refractivity contribution >= 4 is 6.03 Å². The van der Waals surface area contributed by atoms with Crippen LogP contribution in [0.4, 0.5) is 4.79 Å². The van der Waals surface area contributed by atoms with Gasteiger partial charge in [-0.15, -0.1) is 0 Å². The summed E-state index contributed by atoms with van der Waals surface area (Å²) in [5.41, 5.74) is 2.48. The molecule has 0 saturated carbocycles. The standard InChI is InChI=1S/C14H21N3O/c1-11-4-6-12(7-5-11)13(15-2)10-17-9-8-16(3)14(17)18/h4-7,13,15H,8-10H2,1-3H3. The average Bonchev–Trinajstić information content (AvgIpc) is 2.69. The number of hydrogen-bond donors (Lipinski definition) is 1. The van der Waals surface area contributed by atoms with Crippen LogP contribution < -0.4 is 5.32 Å². The van der Waals surface area contributed by atoms with Crippen LogP contribution in [0, 0.1) is 6.92 Å². The van der Waals surface area contributed by atoms with E-state index in [-0.39, 0.29) is 12.1 Å². The van der Waals surface area contributed by atoms with Gasteiger partial charge in [0, 0.05) is 32.7 Å². The van der Waals surface area contributed by atoms with E-state index < -0.39 is 0 Å². The topological polar surface area (TPSA) is 35.6 Å². The molecule has 1 heterocycles. The van der Waals surface area contributed by atoms with Crippen molar-refractivity contribution in [1.82, 2.24) is 15.1 Å². The first-order chi connectivity index (χ1) is 8.61. The van der Waals surface area contributed by atoms with Crippen LogP contribution in [0.15, 0.2) is 24.3 Å². The Morgan fingerprint density at radius 3 is 2.44 bits per heavy atom. The second kappa shape index (κ2) is 5.40. The molecule has 1 aromatic rings. The highest BCUT2D eigenvalue weighted by molar-refractivity contribution is 5.76. The Hall–Kier alpha value is -1.55. The Kier molecular flexibility index (Phi) is 3.87. The minimum Gasteiger partial charge on any atom is -0.326 e. The summed E-state index contributed by atoms with van der Waals surface area (Å²) >= 11 is 0. The van der Waals surface area contributed by atoms with Gasteiger partial charge in [-0.3, -0.25) is 0 Å². The minimum atomic E-state index is 0.127. The van der Waals surface area contributed by atoms with Gasteiger partial charge in [-0.25, -0.2) is 4.79 Å². The average molecular weight is 247 g/mol. The number of hydrogen-bond acceptors (Lipinski definition) is 2. The van der Waals surface area contributed by atoms with Gasteiger partial charge in [0.15, 0.2) is 0 Å². The van der Waals surface area contributed by atoms with Crippen molar-refractivity contribution in [2.24, 2.45) is 0 Å². The van der Waals surface area contributed by atoms with Crippen LogP contribution >= 0.6 is 0 Å². The number of carbonyl (C=O) groups excluding carboxylic acids is 1. The smallest absolute Gasteiger partial charge is 0.319 e. The molecule has 98 valence electrons. The lowest BCUT2D eigenvalue weighted by molar-refractivity contribution is 0.194. The van der Waals surface area contributed by atoms with E-state index in [0.717, 1.165) is 19.6 Å². The fraction of sp³-hybridized carbons (Fsp3) is 0.500. The van der Waals surface area contributed by atoms with Crippen LogP contribution in [0.3, 0.4) is 0 Å². The zero-order chi connectivity index (χ0) is 13.1. The quantitative estimate of drug-likeness (QED) is 0.877. The first-order valence-electron chi connectivity index (χ1n) is 6.35. The Balaban J connectivity index is 2.06. The normalized spacial score (nSPS) is 17.4. The molecule has 1 atom stereocenters. The van der Waals surface area contributed by atoms with E-state index in [1.54, 1.807) is 4.90 Å². The van der Waals surface area contributed by atoms with Gasteiger partial charge < -0.3 is 15.1 Å². The van der Waals surface area contributed by atoms with Gasteiger partial charge in [-0.1, -0.05) is 29.8 Å². The monoisotopic (exact) mass is 247 g/mol. The van der Waals surface area contributed by atoms with Crippen molar-refractivity contribution in [2.45, 2.75) is 13.0 Å². The molecule has 1 N–H and O–H groups in total. The van der Waals surface area contributed by atoms with E-state index in [9.17, 15) is 4.79 Å².